The normalized spacial score (nSPS) is 11.4. The number of aliphatic hydroxyl groups is 1. The number of aliphatic hydroxyl groups excluding tert-OH is 1. The van der Waals surface area contributed by atoms with Crippen molar-refractivity contribution in [3.05, 3.63) is 31.8 Å². The third-order valence-electron chi connectivity index (χ3n) is 2.91. The lowest BCUT2D eigenvalue weighted by Gasteiger charge is -2.24. The van der Waals surface area contributed by atoms with E-state index in [0.29, 0.717) is 12.1 Å². The van der Waals surface area contributed by atoms with E-state index in [2.05, 4.69) is 57.7 Å². The van der Waals surface area contributed by atoms with Gasteiger partial charge in [0.25, 0.3) is 5.91 Å². The molecule has 0 spiro atoms. The zero-order valence-corrected chi connectivity index (χ0v) is 14.9. The Hall–Kier alpha value is -0.140. The molecule has 0 aromatic heterocycles. The van der Waals surface area contributed by atoms with Gasteiger partial charge in [-0.3, -0.25) is 4.79 Å². The molecule has 3 nitrogen and oxygen atoms in total. The van der Waals surface area contributed by atoms with Crippen molar-refractivity contribution in [2.24, 2.45) is 5.41 Å². The van der Waals surface area contributed by atoms with Crippen molar-refractivity contribution >= 4 is 44.4 Å². The SMILES string of the molecule is CC(C)(CCCO)CNC(=O)c1cc(I)ccc1Br. The fourth-order valence-corrected chi connectivity index (χ4v) is 2.65. The molecular weight excluding hydrogens is 421 g/mol. The third kappa shape index (κ3) is 5.79. The maximum Gasteiger partial charge on any atom is 0.252 e. The molecule has 0 saturated carbocycles. The Labute approximate surface area is 136 Å². The number of carbonyl (C=O) groups excluding carboxylic acids is 1. The second-order valence-corrected chi connectivity index (χ2v) is 7.40. The summed E-state index contributed by atoms with van der Waals surface area (Å²) in [5.74, 6) is -0.0672. The Balaban J connectivity index is 2.62. The second-order valence-electron chi connectivity index (χ2n) is 5.30. The van der Waals surface area contributed by atoms with E-state index in [9.17, 15) is 4.79 Å². The molecule has 5 heteroatoms. The van der Waals surface area contributed by atoms with Crippen LogP contribution in [-0.2, 0) is 0 Å². The molecule has 1 aromatic rings. The van der Waals surface area contributed by atoms with Crippen LogP contribution in [0.5, 0.6) is 0 Å². The summed E-state index contributed by atoms with van der Waals surface area (Å²) in [4.78, 5) is 12.1. The summed E-state index contributed by atoms with van der Waals surface area (Å²) in [6.45, 7) is 4.98. The number of hydrogen-bond donors (Lipinski definition) is 2. The van der Waals surface area contributed by atoms with E-state index in [1.165, 1.54) is 0 Å². The van der Waals surface area contributed by atoms with Crippen LogP contribution in [0.3, 0.4) is 0 Å². The largest absolute Gasteiger partial charge is 0.396 e. The van der Waals surface area contributed by atoms with E-state index in [4.69, 9.17) is 5.11 Å². The number of carbonyl (C=O) groups is 1. The smallest absolute Gasteiger partial charge is 0.252 e. The van der Waals surface area contributed by atoms with Crippen molar-refractivity contribution in [2.75, 3.05) is 13.2 Å². The first-order valence-corrected chi connectivity index (χ1v) is 8.07. The number of benzene rings is 1. The molecule has 1 rings (SSSR count). The Morgan fingerprint density at radius 2 is 2.16 bits per heavy atom. The summed E-state index contributed by atoms with van der Waals surface area (Å²) in [5, 5.41) is 11.8. The van der Waals surface area contributed by atoms with Crippen molar-refractivity contribution in [3.8, 4) is 0 Å². The van der Waals surface area contributed by atoms with Gasteiger partial charge in [-0.1, -0.05) is 13.8 Å². The average molecular weight is 440 g/mol. The standard InChI is InChI=1S/C14H19BrINO2/c1-14(2,6-3-7-18)9-17-13(19)11-8-10(16)4-5-12(11)15/h4-5,8,18H,3,6-7,9H2,1-2H3,(H,17,19). The van der Waals surface area contributed by atoms with Gasteiger partial charge in [-0.15, -0.1) is 0 Å². The monoisotopic (exact) mass is 439 g/mol. The third-order valence-corrected chi connectivity index (χ3v) is 4.27. The lowest BCUT2D eigenvalue weighted by atomic mass is 9.88. The fourth-order valence-electron chi connectivity index (χ4n) is 1.73. The summed E-state index contributed by atoms with van der Waals surface area (Å²) in [7, 11) is 0. The number of halogens is 2. The molecule has 0 atom stereocenters. The molecule has 0 aliphatic rings. The minimum Gasteiger partial charge on any atom is -0.396 e. The zero-order chi connectivity index (χ0) is 14.5. The summed E-state index contributed by atoms with van der Waals surface area (Å²) in [5.41, 5.74) is 0.650. The van der Waals surface area contributed by atoms with Crippen molar-refractivity contribution in [1.82, 2.24) is 5.32 Å². The molecule has 0 aliphatic heterocycles. The Bertz CT molecular complexity index is 449. The van der Waals surface area contributed by atoms with Crippen LogP contribution in [0, 0.1) is 8.99 Å². The molecule has 1 amide bonds. The molecule has 0 fully saturated rings. The number of hydrogen-bond acceptors (Lipinski definition) is 2. The van der Waals surface area contributed by atoms with Gasteiger partial charge in [0.1, 0.15) is 0 Å². The van der Waals surface area contributed by atoms with Crippen LogP contribution in [0.2, 0.25) is 0 Å². The van der Waals surface area contributed by atoms with Crippen LogP contribution in [-0.4, -0.2) is 24.2 Å². The minimum atomic E-state index is -0.0672. The fraction of sp³-hybridized carbons (Fsp3) is 0.500. The first kappa shape index (κ1) is 16.9. The van der Waals surface area contributed by atoms with E-state index >= 15 is 0 Å². The molecule has 0 saturated heterocycles. The molecule has 0 radical (unpaired) electrons. The van der Waals surface area contributed by atoms with Gasteiger partial charge in [-0.05, 0) is 75.0 Å². The maximum atomic E-state index is 12.1. The summed E-state index contributed by atoms with van der Waals surface area (Å²) >= 11 is 5.59. The van der Waals surface area contributed by atoms with E-state index in [1.807, 2.05) is 18.2 Å². The van der Waals surface area contributed by atoms with Gasteiger partial charge in [0, 0.05) is 21.2 Å². The highest BCUT2D eigenvalue weighted by Gasteiger charge is 2.19. The van der Waals surface area contributed by atoms with E-state index < -0.39 is 0 Å². The Morgan fingerprint density at radius 3 is 2.79 bits per heavy atom. The van der Waals surface area contributed by atoms with Gasteiger partial charge in [0.2, 0.25) is 0 Å². The Morgan fingerprint density at radius 1 is 1.47 bits per heavy atom. The van der Waals surface area contributed by atoms with Crippen LogP contribution in [0.25, 0.3) is 0 Å². The highest BCUT2D eigenvalue weighted by molar-refractivity contribution is 14.1. The van der Waals surface area contributed by atoms with Gasteiger partial charge in [-0.25, -0.2) is 0 Å². The molecule has 106 valence electrons. The highest BCUT2D eigenvalue weighted by Crippen LogP contribution is 2.22. The Kier molecular flexibility index (Phi) is 6.76. The highest BCUT2D eigenvalue weighted by atomic mass is 127. The molecule has 0 aliphatic carbocycles. The average Bonchev–Trinajstić information content (AvgIpc) is 2.36. The van der Waals surface area contributed by atoms with Crippen molar-refractivity contribution in [1.29, 1.82) is 0 Å². The van der Waals surface area contributed by atoms with E-state index in [0.717, 1.165) is 20.9 Å². The number of amides is 1. The first-order chi connectivity index (χ1) is 8.85. The van der Waals surface area contributed by atoms with E-state index in [-0.39, 0.29) is 17.9 Å². The lowest BCUT2D eigenvalue weighted by molar-refractivity contribution is 0.0932. The maximum absolute atomic E-state index is 12.1. The lowest BCUT2D eigenvalue weighted by Crippen LogP contribution is -2.34. The van der Waals surface area contributed by atoms with Crippen LogP contribution in [0.1, 0.15) is 37.0 Å². The van der Waals surface area contributed by atoms with Crippen LogP contribution in [0.4, 0.5) is 0 Å². The van der Waals surface area contributed by atoms with Crippen molar-refractivity contribution in [3.63, 3.8) is 0 Å². The van der Waals surface area contributed by atoms with Crippen LogP contribution in [0.15, 0.2) is 22.7 Å². The molecule has 1 aromatic carbocycles. The molecule has 19 heavy (non-hydrogen) atoms. The van der Waals surface area contributed by atoms with Gasteiger partial charge in [0.05, 0.1) is 5.56 Å². The summed E-state index contributed by atoms with van der Waals surface area (Å²) in [6, 6.07) is 5.70. The number of nitrogens with one attached hydrogen (secondary N) is 1. The van der Waals surface area contributed by atoms with Crippen molar-refractivity contribution in [2.45, 2.75) is 26.7 Å². The minimum absolute atomic E-state index is 0.00714. The zero-order valence-electron chi connectivity index (χ0n) is 11.2. The topological polar surface area (TPSA) is 49.3 Å². The molecule has 2 N–H and O–H groups in total. The second kappa shape index (κ2) is 7.59. The molecule has 0 heterocycles. The van der Waals surface area contributed by atoms with Crippen molar-refractivity contribution < 1.29 is 9.90 Å². The molecule has 0 unspecified atom stereocenters. The van der Waals surface area contributed by atoms with Gasteiger partial charge < -0.3 is 10.4 Å². The molecule has 0 bridgehead atoms. The van der Waals surface area contributed by atoms with Gasteiger partial charge >= 0.3 is 0 Å². The van der Waals surface area contributed by atoms with Gasteiger partial charge in [-0.2, -0.15) is 0 Å². The summed E-state index contributed by atoms with van der Waals surface area (Å²) < 4.78 is 1.84. The predicted octanol–water partition coefficient (Wildman–Crippen LogP) is 3.58. The quantitative estimate of drug-likeness (QED) is 0.665. The summed E-state index contributed by atoms with van der Waals surface area (Å²) in [6.07, 6.45) is 1.65. The van der Waals surface area contributed by atoms with Crippen LogP contribution < -0.4 is 5.32 Å². The first-order valence-electron chi connectivity index (χ1n) is 6.20. The predicted molar refractivity (Wildman–Crippen MR) is 89.3 cm³/mol. The van der Waals surface area contributed by atoms with Gasteiger partial charge in [0.15, 0.2) is 0 Å². The van der Waals surface area contributed by atoms with Crippen LogP contribution >= 0.6 is 38.5 Å². The van der Waals surface area contributed by atoms with E-state index in [1.54, 1.807) is 0 Å². The molecular formula is C14H19BrINO2. The number of rotatable bonds is 6.